The van der Waals surface area contributed by atoms with E-state index in [0.717, 1.165) is 6.07 Å². The summed E-state index contributed by atoms with van der Waals surface area (Å²) in [4.78, 5) is -0.0677. The van der Waals surface area contributed by atoms with Gasteiger partial charge < -0.3 is 5.73 Å². The van der Waals surface area contributed by atoms with Gasteiger partial charge in [0.2, 0.25) is 0 Å². The Kier molecular flexibility index (Phi) is 3.78. The van der Waals surface area contributed by atoms with E-state index in [1.165, 1.54) is 24.3 Å². The predicted octanol–water partition coefficient (Wildman–Crippen LogP) is 3.04. The van der Waals surface area contributed by atoms with Gasteiger partial charge in [-0.3, -0.25) is 0 Å². The number of benzene rings is 2. The molecule has 100 valence electrons. The number of nitrogen functional groups attached to an aromatic ring is 1. The lowest BCUT2D eigenvalue weighted by atomic mass is 10.2. The Hall–Kier alpha value is -1.59. The number of sulfone groups is 1. The summed E-state index contributed by atoms with van der Waals surface area (Å²) in [6.07, 6.45) is 0. The maximum Gasteiger partial charge on any atom is 0.182 e. The lowest BCUT2D eigenvalue weighted by Crippen LogP contribution is -2.07. The third kappa shape index (κ3) is 3.24. The summed E-state index contributed by atoms with van der Waals surface area (Å²) in [5.41, 5.74) is 6.45. The molecule has 0 radical (unpaired) electrons. The monoisotopic (exact) mass is 299 g/mol. The average molecular weight is 300 g/mol. The van der Waals surface area contributed by atoms with E-state index in [1.807, 2.05) is 0 Å². The quantitative estimate of drug-likeness (QED) is 0.886. The Morgan fingerprint density at radius 1 is 1.16 bits per heavy atom. The molecule has 0 amide bonds. The fraction of sp³-hybridized carbons (Fsp3) is 0.0769. The van der Waals surface area contributed by atoms with E-state index < -0.39 is 15.7 Å². The highest BCUT2D eigenvalue weighted by atomic mass is 35.5. The van der Waals surface area contributed by atoms with Gasteiger partial charge in [0.15, 0.2) is 9.84 Å². The molecule has 0 aliphatic rings. The molecule has 0 bridgehead atoms. The fourth-order valence-corrected chi connectivity index (χ4v) is 3.24. The molecule has 19 heavy (non-hydrogen) atoms. The molecule has 0 aromatic heterocycles. The molecule has 2 aromatic carbocycles. The van der Waals surface area contributed by atoms with E-state index in [2.05, 4.69) is 0 Å². The van der Waals surface area contributed by atoms with Gasteiger partial charge in [-0.2, -0.15) is 0 Å². The molecule has 2 aromatic rings. The average Bonchev–Trinajstić information content (AvgIpc) is 2.33. The van der Waals surface area contributed by atoms with Gasteiger partial charge in [-0.1, -0.05) is 23.7 Å². The minimum absolute atomic E-state index is 0.0677. The normalized spacial score (nSPS) is 11.5. The van der Waals surface area contributed by atoms with E-state index in [4.69, 9.17) is 17.3 Å². The van der Waals surface area contributed by atoms with Crippen molar-refractivity contribution >= 4 is 27.1 Å². The van der Waals surface area contributed by atoms with Crippen molar-refractivity contribution in [2.24, 2.45) is 0 Å². The van der Waals surface area contributed by atoms with Crippen molar-refractivity contribution in [3.63, 3.8) is 0 Å². The zero-order valence-electron chi connectivity index (χ0n) is 9.81. The minimum atomic E-state index is -3.63. The summed E-state index contributed by atoms with van der Waals surface area (Å²) in [6.45, 7) is 0. The highest BCUT2D eigenvalue weighted by molar-refractivity contribution is 7.90. The zero-order valence-corrected chi connectivity index (χ0v) is 11.4. The van der Waals surface area contributed by atoms with Crippen LogP contribution in [0.3, 0.4) is 0 Å². The van der Waals surface area contributed by atoms with Crippen LogP contribution in [0.4, 0.5) is 10.1 Å². The van der Waals surface area contributed by atoms with Crippen LogP contribution in [0, 0.1) is 5.82 Å². The summed E-state index contributed by atoms with van der Waals surface area (Å²) in [5.74, 6) is -0.885. The first-order chi connectivity index (χ1) is 8.88. The molecule has 0 saturated carbocycles. The molecule has 0 aliphatic carbocycles. The van der Waals surface area contributed by atoms with Gasteiger partial charge in [0.05, 0.1) is 10.6 Å². The molecule has 3 nitrogen and oxygen atoms in total. The molecule has 0 heterocycles. The maximum absolute atomic E-state index is 13.1. The van der Waals surface area contributed by atoms with Crippen LogP contribution in [0.5, 0.6) is 0 Å². The van der Waals surface area contributed by atoms with Gasteiger partial charge >= 0.3 is 0 Å². The number of nitrogens with two attached hydrogens (primary N) is 1. The maximum atomic E-state index is 13.1. The Morgan fingerprint density at radius 2 is 1.89 bits per heavy atom. The van der Waals surface area contributed by atoms with Crippen LogP contribution in [0.1, 0.15) is 5.56 Å². The van der Waals surface area contributed by atoms with Crippen molar-refractivity contribution < 1.29 is 12.8 Å². The van der Waals surface area contributed by atoms with Crippen LogP contribution in [0.2, 0.25) is 5.02 Å². The molecular formula is C13H11ClFNO2S. The number of hydrogen-bond donors (Lipinski definition) is 1. The smallest absolute Gasteiger partial charge is 0.182 e. The Morgan fingerprint density at radius 3 is 2.53 bits per heavy atom. The van der Waals surface area contributed by atoms with Crippen LogP contribution in [0.25, 0.3) is 0 Å². The van der Waals surface area contributed by atoms with Gasteiger partial charge in [-0.25, -0.2) is 12.8 Å². The molecule has 2 rings (SSSR count). The van der Waals surface area contributed by atoms with Crippen molar-refractivity contribution in [3.05, 3.63) is 58.9 Å². The Balaban J connectivity index is 2.36. The summed E-state index contributed by atoms with van der Waals surface area (Å²) in [6, 6.07) is 9.48. The molecule has 0 unspecified atom stereocenters. The van der Waals surface area contributed by atoms with Crippen LogP contribution in [0.15, 0.2) is 47.4 Å². The van der Waals surface area contributed by atoms with E-state index in [-0.39, 0.29) is 10.6 Å². The van der Waals surface area contributed by atoms with Gasteiger partial charge in [-0.05, 0) is 35.9 Å². The standard InChI is InChI=1S/C13H11ClFNO2S/c14-10-5-4-9(13(16)6-10)8-19(17,18)12-3-1-2-11(15)7-12/h1-7H,8,16H2. The Bertz CT molecular complexity index is 716. The summed E-state index contributed by atoms with van der Waals surface area (Å²) < 4.78 is 37.3. The first-order valence-electron chi connectivity index (χ1n) is 5.41. The van der Waals surface area contributed by atoms with Gasteiger partial charge in [0, 0.05) is 10.7 Å². The summed E-state index contributed by atoms with van der Waals surface area (Å²) in [7, 11) is -3.63. The topological polar surface area (TPSA) is 60.2 Å². The Labute approximate surface area is 115 Å². The van der Waals surface area contributed by atoms with Gasteiger partial charge in [-0.15, -0.1) is 0 Å². The second-order valence-corrected chi connectivity index (χ2v) is 6.49. The fourth-order valence-electron chi connectivity index (χ4n) is 1.65. The molecule has 0 atom stereocenters. The van der Waals surface area contributed by atoms with E-state index >= 15 is 0 Å². The van der Waals surface area contributed by atoms with E-state index in [0.29, 0.717) is 16.3 Å². The second-order valence-electron chi connectivity index (χ2n) is 4.06. The number of anilines is 1. The van der Waals surface area contributed by atoms with E-state index in [9.17, 15) is 12.8 Å². The SMILES string of the molecule is Nc1cc(Cl)ccc1CS(=O)(=O)c1cccc(F)c1. The molecule has 0 fully saturated rings. The predicted molar refractivity (Wildman–Crippen MR) is 73.2 cm³/mol. The highest BCUT2D eigenvalue weighted by Gasteiger charge is 2.17. The first kappa shape index (κ1) is 13.8. The lowest BCUT2D eigenvalue weighted by Gasteiger charge is -2.07. The molecule has 0 aliphatic heterocycles. The molecule has 0 saturated heterocycles. The number of halogens is 2. The number of rotatable bonds is 3. The van der Waals surface area contributed by atoms with Crippen molar-refractivity contribution in [2.45, 2.75) is 10.6 Å². The summed E-state index contributed by atoms with van der Waals surface area (Å²) in [5, 5.41) is 0.435. The third-order valence-electron chi connectivity index (χ3n) is 2.61. The second kappa shape index (κ2) is 5.19. The van der Waals surface area contributed by atoms with Crippen LogP contribution >= 0.6 is 11.6 Å². The van der Waals surface area contributed by atoms with Crippen molar-refractivity contribution in [3.8, 4) is 0 Å². The zero-order chi connectivity index (χ0) is 14.0. The van der Waals surface area contributed by atoms with Crippen molar-refractivity contribution in [2.75, 3.05) is 5.73 Å². The minimum Gasteiger partial charge on any atom is -0.398 e. The van der Waals surface area contributed by atoms with Crippen LogP contribution < -0.4 is 5.73 Å². The van der Waals surface area contributed by atoms with Crippen molar-refractivity contribution in [1.82, 2.24) is 0 Å². The van der Waals surface area contributed by atoms with Crippen molar-refractivity contribution in [1.29, 1.82) is 0 Å². The van der Waals surface area contributed by atoms with Crippen LogP contribution in [-0.2, 0) is 15.6 Å². The third-order valence-corrected chi connectivity index (χ3v) is 4.51. The molecule has 6 heteroatoms. The van der Waals surface area contributed by atoms with E-state index in [1.54, 1.807) is 12.1 Å². The van der Waals surface area contributed by atoms with Gasteiger partial charge in [0.25, 0.3) is 0 Å². The highest BCUT2D eigenvalue weighted by Crippen LogP contribution is 2.23. The largest absolute Gasteiger partial charge is 0.398 e. The molecule has 0 spiro atoms. The number of hydrogen-bond acceptors (Lipinski definition) is 3. The lowest BCUT2D eigenvalue weighted by molar-refractivity contribution is 0.590. The molecule has 2 N–H and O–H groups in total. The van der Waals surface area contributed by atoms with Gasteiger partial charge in [0.1, 0.15) is 5.82 Å². The van der Waals surface area contributed by atoms with Crippen LogP contribution in [-0.4, -0.2) is 8.42 Å². The summed E-state index contributed by atoms with van der Waals surface area (Å²) >= 11 is 5.75. The molecular weight excluding hydrogens is 289 g/mol. The first-order valence-corrected chi connectivity index (χ1v) is 7.44.